The van der Waals surface area contributed by atoms with Crippen LogP contribution in [-0.4, -0.2) is 3.26 Å². The van der Waals surface area contributed by atoms with E-state index in [1.54, 1.807) is 3.26 Å². The molecule has 0 radical (unpaired) electrons. The van der Waals surface area contributed by atoms with Gasteiger partial charge in [-0.25, -0.2) is 12.2 Å². The topological polar surface area (TPSA) is 0 Å². The predicted octanol–water partition coefficient (Wildman–Crippen LogP) is 1.82. The molecule has 0 fully saturated rings. The average molecular weight is 606 g/mol. The van der Waals surface area contributed by atoms with Gasteiger partial charge in [0, 0.05) is 0 Å². The Morgan fingerprint density at radius 1 is 0.867 bits per heavy atom. The van der Waals surface area contributed by atoms with Gasteiger partial charge >= 0.3 is 79.5 Å². The summed E-state index contributed by atoms with van der Waals surface area (Å²) in [6.07, 6.45) is 12.7. The van der Waals surface area contributed by atoms with E-state index in [2.05, 4.69) is 94.4 Å². The summed E-state index contributed by atoms with van der Waals surface area (Å²) in [6, 6.07) is 19.3. The summed E-state index contributed by atoms with van der Waals surface area (Å²) in [7, 11) is 0. The number of benzene rings is 2. The van der Waals surface area contributed by atoms with Gasteiger partial charge in [0.2, 0.25) is 0 Å². The molecule has 3 aromatic rings. The SMILES string of the molecule is CC(C)C[C](=[Hf+2])CC(C)C.[C-]1=CC=CC1.[Cl-].[Cl-].c1ccc2c(c1)[cH-]c1ccccc12. The van der Waals surface area contributed by atoms with Crippen LogP contribution in [0, 0.1) is 17.9 Å². The fourth-order valence-corrected chi connectivity index (χ4v) is 6.25. The molecule has 0 unspecified atom stereocenters. The predicted molar refractivity (Wildman–Crippen MR) is 123 cm³/mol. The molecule has 30 heavy (non-hydrogen) atoms. The molecule has 1 aliphatic rings. The van der Waals surface area contributed by atoms with Gasteiger partial charge in [0.25, 0.3) is 0 Å². The van der Waals surface area contributed by atoms with Crippen molar-refractivity contribution in [3.05, 3.63) is 78.9 Å². The number of rotatable bonds is 4. The molecular weight excluding hydrogens is 574 g/mol. The van der Waals surface area contributed by atoms with Crippen LogP contribution in [0.5, 0.6) is 0 Å². The first-order chi connectivity index (χ1) is 13.5. The zero-order valence-corrected chi connectivity index (χ0v) is 23.6. The minimum Gasteiger partial charge on any atom is -1.00 e. The van der Waals surface area contributed by atoms with Crippen LogP contribution in [0.2, 0.25) is 0 Å². The number of fused-ring (bicyclic) bond motifs is 3. The fraction of sp³-hybridized carbons (Fsp3) is 0.333. The van der Waals surface area contributed by atoms with E-state index >= 15 is 0 Å². The monoisotopic (exact) mass is 606 g/mol. The molecule has 4 rings (SSSR count). The largest absolute Gasteiger partial charge is 1.00 e. The maximum atomic E-state index is 2.99. The van der Waals surface area contributed by atoms with Crippen molar-refractivity contribution in [2.24, 2.45) is 11.8 Å². The van der Waals surface area contributed by atoms with Crippen LogP contribution in [-0.2, 0) is 23.9 Å². The van der Waals surface area contributed by atoms with Crippen LogP contribution in [0.4, 0.5) is 0 Å². The van der Waals surface area contributed by atoms with E-state index in [4.69, 9.17) is 0 Å². The van der Waals surface area contributed by atoms with Crippen molar-refractivity contribution in [3.63, 3.8) is 0 Å². The molecule has 0 saturated heterocycles. The molecule has 0 nitrogen and oxygen atoms in total. The second-order valence-corrected chi connectivity index (χ2v) is 10.7. The second-order valence-electron chi connectivity index (χ2n) is 8.12. The zero-order chi connectivity index (χ0) is 20.4. The Balaban J connectivity index is 0.000000444. The van der Waals surface area contributed by atoms with Crippen molar-refractivity contribution in [2.75, 3.05) is 0 Å². The van der Waals surface area contributed by atoms with Crippen molar-refractivity contribution in [1.29, 1.82) is 0 Å². The third-order valence-electron chi connectivity index (χ3n) is 4.42. The van der Waals surface area contributed by atoms with Crippen molar-refractivity contribution < 1.29 is 48.7 Å². The van der Waals surface area contributed by atoms with Crippen molar-refractivity contribution in [3.8, 4) is 0 Å². The van der Waals surface area contributed by atoms with Crippen LogP contribution in [0.15, 0.2) is 72.8 Å². The molecule has 0 heterocycles. The minimum atomic E-state index is 0. The molecule has 0 aliphatic heterocycles. The molecule has 0 saturated carbocycles. The summed E-state index contributed by atoms with van der Waals surface area (Å²) < 4.78 is 1.80. The smallest absolute Gasteiger partial charge is 0.0771 e. The van der Waals surface area contributed by atoms with Gasteiger partial charge in [0.15, 0.2) is 0 Å². The molecule has 3 aromatic carbocycles. The first kappa shape index (κ1) is 29.1. The van der Waals surface area contributed by atoms with Crippen LogP contribution < -0.4 is 24.8 Å². The van der Waals surface area contributed by atoms with E-state index in [9.17, 15) is 0 Å². The van der Waals surface area contributed by atoms with Crippen molar-refractivity contribution in [1.82, 2.24) is 0 Å². The van der Waals surface area contributed by atoms with Crippen molar-refractivity contribution in [2.45, 2.75) is 47.0 Å². The molecule has 0 atom stereocenters. The minimum absolute atomic E-state index is 0. The molecule has 0 N–H and O–H groups in total. The van der Waals surface area contributed by atoms with Crippen LogP contribution >= 0.6 is 0 Å². The van der Waals surface area contributed by atoms with Gasteiger partial charge in [-0.05, 0) is 0 Å². The van der Waals surface area contributed by atoms with Gasteiger partial charge in [0.1, 0.15) is 0 Å². The maximum absolute atomic E-state index is 2.99. The number of halogens is 2. The molecule has 1 aliphatic carbocycles. The van der Waals surface area contributed by atoms with E-state index in [1.807, 2.05) is 12.2 Å². The van der Waals surface area contributed by atoms with Crippen molar-refractivity contribution >= 4 is 24.8 Å². The Bertz CT molecular complexity index is 860. The number of allylic oxidation sites excluding steroid dienone is 4. The Hall–Kier alpha value is -0.890. The first-order valence-corrected chi connectivity index (χ1v) is 12.1. The first-order valence-electron chi connectivity index (χ1n) is 10.3. The third-order valence-corrected chi connectivity index (χ3v) is 5.88. The Morgan fingerprint density at radius 3 is 1.67 bits per heavy atom. The van der Waals surface area contributed by atoms with Gasteiger partial charge in [-0.1, -0.05) is 36.4 Å². The standard InChI is InChI=1S/C13H9.C9H18.C5H5.2ClH.Hf/c1-3-7-12-10(5-1)9-11-6-2-4-8-13(11)12;1-8(2)6-5-7-9(3)4;1-2-4-5-3-1;;;/h1-9H;8-9H,6-7H2,1-4H3;1-3H,4H2;2*1H;/q-1;;-1;;;+2/p-2. The summed E-state index contributed by atoms with van der Waals surface area (Å²) in [5.74, 6) is 1.73. The average Bonchev–Trinajstić information content (AvgIpc) is 3.32. The summed E-state index contributed by atoms with van der Waals surface area (Å²) in [6.45, 7) is 9.22. The molecule has 0 aromatic heterocycles. The molecular formula is C27H32Cl2Hf-2. The van der Waals surface area contributed by atoms with E-state index in [0.29, 0.717) is 0 Å². The maximum Gasteiger partial charge on any atom is -0.0771 e. The van der Waals surface area contributed by atoms with Crippen LogP contribution in [0.25, 0.3) is 21.5 Å². The Labute approximate surface area is 210 Å². The number of hydrogen-bond donors (Lipinski definition) is 0. The van der Waals surface area contributed by atoms with Crippen LogP contribution in [0.1, 0.15) is 47.0 Å². The fourth-order valence-electron chi connectivity index (χ4n) is 3.31. The molecule has 0 amide bonds. The van der Waals surface area contributed by atoms with Gasteiger partial charge in [-0.3, -0.25) is 6.08 Å². The van der Waals surface area contributed by atoms with E-state index < -0.39 is 0 Å². The van der Waals surface area contributed by atoms with Gasteiger partial charge in [-0.15, -0.1) is 46.2 Å². The summed E-state index contributed by atoms with van der Waals surface area (Å²) in [4.78, 5) is 0. The third kappa shape index (κ3) is 10.4. The molecule has 0 bridgehead atoms. The van der Waals surface area contributed by atoms with E-state index in [0.717, 1.165) is 18.3 Å². The molecule has 0 spiro atoms. The van der Waals surface area contributed by atoms with Crippen LogP contribution in [0.3, 0.4) is 0 Å². The summed E-state index contributed by atoms with van der Waals surface area (Å²) in [5, 5.41) is 5.39. The summed E-state index contributed by atoms with van der Waals surface area (Å²) >= 11 is 1.30. The van der Waals surface area contributed by atoms with Gasteiger partial charge < -0.3 is 24.8 Å². The zero-order valence-electron chi connectivity index (χ0n) is 18.5. The molecule has 3 heteroatoms. The Kier molecular flexibility index (Phi) is 15.4. The number of hydrogen-bond acceptors (Lipinski definition) is 0. The quantitative estimate of drug-likeness (QED) is 0.315. The molecule has 160 valence electrons. The second kappa shape index (κ2) is 15.8. The van der Waals surface area contributed by atoms with E-state index in [1.165, 1.54) is 58.3 Å². The summed E-state index contributed by atoms with van der Waals surface area (Å²) in [5.41, 5.74) is 0. The van der Waals surface area contributed by atoms with Gasteiger partial charge in [-0.2, -0.15) is 6.08 Å². The Morgan fingerprint density at radius 2 is 1.33 bits per heavy atom. The van der Waals surface area contributed by atoms with Gasteiger partial charge in [0.05, 0.1) is 0 Å². The van der Waals surface area contributed by atoms with E-state index in [-0.39, 0.29) is 24.8 Å². The normalized spacial score (nSPS) is 11.5.